The van der Waals surface area contributed by atoms with E-state index in [1.54, 1.807) is 7.05 Å². The Hall–Kier alpha value is -2.61. The summed E-state index contributed by atoms with van der Waals surface area (Å²) in [5.74, 6) is -0.0185. The summed E-state index contributed by atoms with van der Waals surface area (Å²) in [4.78, 5) is 12.4. The minimum atomic E-state index is -4.44. The summed E-state index contributed by atoms with van der Waals surface area (Å²) in [6.45, 7) is 1.83. The van der Waals surface area contributed by atoms with E-state index in [2.05, 4.69) is 26.3 Å². The molecule has 1 heterocycles. The first-order chi connectivity index (χ1) is 12.7. The molecule has 0 aliphatic carbocycles. The molecule has 0 aliphatic heterocycles. The van der Waals surface area contributed by atoms with Gasteiger partial charge in [0, 0.05) is 28.2 Å². The van der Waals surface area contributed by atoms with Crippen LogP contribution < -0.4 is 5.32 Å². The number of hydrogen-bond acceptors (Lipinski definition) is 2. The van der Waals surface area contributed by atoms with Gasteiger partial charge >= 0.3 is 6.18 Å². The van der Waals surface area contributed by atoms with E-state index in [0.717, 1.165) is 39.9 Å². The van der Waals surface area contributed by atoms with Gasteiger partial charge in [-0.1, -0.05) is 28.1 Å². The first kappa shape index (κ1) is 19.2. The average molecular weight is 438 g/mol. The molecule has 0 saturated heterocycles. The summed E-state index contributed by atoms with van der Waals surface area (Å²) in [5, 5.41) is 7.17. The lowest BCUT2D eigenvalue weighted by Gasteiger charge is -2.09. The Kier molecular flexibility index (Phi) is 5.10. The molecule has 3 aromatic rings. The van der Waals surface area contributed by atoms with E-state index in [0.29, 0.717) is 11.5 Å². The molecule has 4 nitrogen and oxygen atoms in total. The summed E-state index contributed by atoms with van der Waals surface area (Å²) >= 11 is 3.38. The van der Waals surface area contributed by atoms with Crippen LogP contribution in [0.3, 0.4) is 0 Å². The fraction of sp³-hybridized carbons (Fsp3) is 0.158. The lowest BCUT2D eigenvalue weighted by Crippen LogP contribution is -2.15. The monoisotopic (exact) mass is 437 g/mol. The minimum absolute atomic E-state index is 0.133. The predicted octanol–water partition coefficient (Wildman–Crippen LogP) is 5.43. The molecule has 0 atom stereocenters. The van der Waals surface area contributed by atoms with Gasteiger partial charge in [-0.3, -0.25) is 9.48 Å². The van der Waals surface area contributed by atoms with Crippen LogP contribution in [-0.2, 0) is 13.2 Å². The number of aryl methyl sites for hydroxylation is 1. The number of amides is 1. The van der Waals surface area contributed by atoms with E-state index in [9.17, 15) is 18.0 Å². The van der Waals surface area contributed by atoms with Crippen LogP contribution in [0.4, 0.5) is 19.0 Å². The Balaban J connectivity index is 1.85. The van der Waals surface area contributed by atoms with Gasteiger partial charge in [0.25, 0.3) is 5.91 Å². The fourth-order valence-electron chi connectivity index (χ4n) is 2.68. The van der Waals surface area contributed by atoms with Crippen molar-refractivity contribution < 1.29 is 18.0 Å². The molecule has 2 aromatic carbocycles. The maximum absolute atomic E-state index is 12.6. The second-order valence-electron chi connectivity index (χ2n) is 5.98. The van der Waals surface area contributed by atoms with Crippen molar-refractivity contribution in [1.82, 2.24) is 9.78 Å². The zero-order valence-corrected chi connectivity index (χ0v) is 16.0. The molecule has 1 N–H and O–H groups in total. The molecule has 0 fully saturated rings. The molecule has 0 bridgehead atoms. The lowest BCUT2D eigenvalue weighted by molar-refractivity contribution is -0.137. The van der Waals surface area contributed by atoms with Crippen molar-refractivity contribution in [2.75, 3.05) is 5.32 Å². The molecule has 8 heteroatoms. The Morgan fingerprint density at radius 3 is 2.22 bits per heavy atom. The number of rotatable bonds is 3. The van der Waals surface area contributed by atoms with Gasteiger partial charge < -0.3 is 5.32 Å². The number of nitrogens with one attached hydrogen (secondary N) is 1. The lowest BCUT2D eigenvalue weighted by atomic mass is 10.1. The van der Waals surface area contributed by atoms with Crippen LogP contribution in [0.5, 0.6) is 0 Å². The predicted molar refractivity (Wildman–Crippen MR) is 100 cm³/mol. The summed E-state index contributed by atoms with van der Waals surface area (Å²) in [6, 6.07) is 11.7. The van der Waals surface area contributed by atoms with Crippen LogP contribution in [0.1, 0.15) is 21.5 Å². The second kappa shape index (κ2) is 7.19. The summed E-state index contributed by atoms with van der Waals surface area (Å²) in [7, 11) is 1.69. The van der Waals surface area contributed by atoms with Crippen LogP contribution in [-0.4, -0.2) is 15.7 Å². The van der Waals surface area contributed by atoms with Crippen molar-refractivity contribution in [3.8, 4) is 11.3 Å². The van der Waals surface area contributed by atoms with Crippen molar-refractivity contribution in [1.29, 1.82) is 0 Å². The summed E-state index contributed by atoms with van der Waals surface area (Å²) in [5.41, 5.74) is 1.70. The summed E-state index contributed by atoms with van der Waals surface area (Å²) in [6.07, 6.45) is -4.44. The highest BCUT2D eigenvalue weighted by Crippen LogP contribution is 2.30. The Bertz CT molecular complexity index is 977. The van der Waals surface area contributed by atoms with Crippen molar-refractivity contribution >= 4 is 27.7 Å². The number of hydrogen-bond donors (Lipinski definition) is 1. The van der Waals surface area contributed by atoms with Gasteiger partial charge in [-0.25, -0.2) is 0 Å². The van der Waals surface area contributed by atoms with Crippen LogP contribution >= 0.6 is 15.9 Å². The molecule has 0 saturated carbocycles. The molecule has 0 radical (unpaired) electrons. The van der Waals surface area contributed by atoms with Gasteiger partial charge in [-0.15, -0.1) is 0 Å². The second-order valence-corrected chi connectivity index (χ2v) is 6.90. The number of anilines is 1. The standard InChI is InChI=1S/C19H15BrF3N3O/c1-11-16(12-5-9-15(20)10-6-12)25-26(2)17(11)24-18(27)13-3-7-14(8-4-13)19(21,22)23/h3-10H,1-2H3,(H,24,27). The largest absolute Gasteiger partial charge is 0.416 e. The maximum atomic E-state index is 12.6. The van der Waals surface area contributed by atoms with Crippen molar-refractivity contribution in [2.45, 2.75) is 13.1 Å². The van der Waals surface area contributed by atoms with Crippen LogP contribution in [0.25, 0.3) is 11.3 Å². The quantitative estimate of drug-likeness (QED) is 0.593. The van der Waals surface area contributed by atoms with Gasteiger partial charge in [0.15, 0.2) is 0 Å². The number of carbonyl (C=O) groups is 1. The van der Waals surface area contributed by atoms with E-state index in [1.165, 1.54) is 4.68 Å². The number of aromatic nitrogens is 2. The van der Waals surface area contributed by atoms with Gasteiger partial charge in [0.05, 0.1) is 11.3 Å². The molecule has 0 aliphatic rings. The van der Waals surface area contributed by atoms with Gasteiger partial charge in [-0.05, 0) is 43.3 Å². The zero-order chi connectivity index (χ0) is 19.8. The average Bonchev–Trinajstić information content (AvgIpc) is 2.90. The molecular weight excluding hydrogens is 423 g/mol. The Labute approximate surface area is 162 Å². The van der Waals surface area contributed by atoms with E-state index in [-0.39, 0.29) is 5.56 Å². The van der Waals surface area contributed by atoms with Gasteiger partial charge in [0.1, 0.15) is 5.82 Å². The fourth-order valence-corrected chi connectivity index (χ4v) is 2.94. The number of nitrogens with zero attached hydrogens (tertiary/aromatic N) is 2. The van der Waals surface area contributed by atoms with Crippen molar-refractivity contribution in [3.05, 3.63) is 69.7 Å². The highest BCUT2D eigenvalue weighted by molar-refractivity contribution is 9.10. The topological polar surface area (TPSA) is 46.9 Å². The number of carbonyl (C=O) groups excluding carboxylic acids is 1. The van der Waals surface area contributed by atoms with E-state index in [1.807, 2.05) is 31.2 Å². The number of benzene rings is 2. The molecular formula is C19H15BrF3N3O. The first-order valence-corrected chi connectivity index (χ1v) is 8.74. The first-order valence-electron chi connectivity index (χ1n) is 7.95. The summed E-state index contributed by atoms with van der Waals surface area (Å²) < 4.78 is 40.4. The highest BCUT2D eigenvalue weighted by Gasteiger charge is 2.30. The minimum Gasteiger partial charge on any atom is -0.307 e. The van der Waals surface area contributed by atoms with E-state index < -0.39 is 17.6 Å². The highest BCUT2D eigenvalue weighted by atomic mass is 79.9. The van der Waals surface area contributed by atoms with E-state index >= 15 is 0 Å². The zero-order valence-electron chi connectivity index (χ0n) is 14.4. The molecule has 0 spiro atoms. The van der Waals surface area contributed by atoms with Gasteiger partial charge in [-0.2, -0.15) is 18.3 Å². The molecule has 0 unspecified atom stereocenters. The molecule has 3 rings (SSSR count). The Morgan fingerprint density at radius 2 is 1.67 bits per heavy atom. The van der Waals surface area contributed by atoms with Crippen LogP contribution in [0, 0.1) is 6.92 Å². The third-order valence-electron chi connectivity index (χ3n) is 4.11. The van der Waals surface area contributed by atoms with Crippen molar-refractivity contribution in [3.63, 3.8) is 0 Å². The van der Waals surface area contributed by atoms with Gasteiger partial charge in [0.2, 0.25) is 0 Å². The third-order valence-corrected chi connectivity index (χ3v) is 4.64. The molecule has 140 valence electrons. The number of alkyl halides is 3. The molecule has 1 amide bonds. The normalized spacial score (nSPS) is 11.5. The van der Waals surface area contributed by atoms with E-state index in [4.69, 9.17) is 0 Å². The SMILES string of the molecule is Cc1c(-c2ccc(Br)cc2)nn(C)c1NC(=O)c1ccc(C(F)(F)F)cc1. The smallest absolute Gasteiger partial charge is 0.307 e. The van der Waals surface area contributed by atoms with Crippen LogP contribution in [0.15, 0.2) is 53.0 Å². The number of halogens is 4. The third kappa shape index (κ3) is 4.05. The van der Waals surface area contributed by atoms with Crippen molar-refractivity contribution in [2.24, 2.45) is 7.05 Å². The van der Waals surface area contributed by atoms with Crippen LogP contribution in [0.2, 0.25) is 0 Å². The molecule has 1 aromatic heterocycles. The Morgan fingerprint density at radius 1 is 1.07 bits per heavy atom. The molecule has 27 heavy (non-hydrogen) atoms. The maximum Gasteiger partial charge on any atom is 0.416 e.